The lowest BCUT2D eigenvalue weighted by molar-refractivity contribution is -0.134. The second-order valence-corrected chi connectivity index (χ2v) is 8.56. The molecule has 4 aliphatic rings. The van der Waals surface area contributed by atoms with Gasteiger partial charge in [0.05, 0.1) is 0 Å². The number of rotatable bonds is 4. The molecule has 4 bridgehead atoms. The highest BCUT2D eigenvalue weighted by molar-refractivity contribution is 5.93. The van der Waals surface area contributed by atoms with Crippen LogP contribution in [-0.4, -0.2) is 23.5 Å². The highest BCUT2D eigenvalue weighted by Gasteiger charge is 2.51. The van der Waals surface area contributed by atoms with Crippen molar-refractivity contribution in [1.29, 1.82) is 0 Å². The molecule has 1 heterocycles. The fourth-order valence-corrected chi connectivity index (χ4v) is 5.74. The molecule has 0 unspecified atom stereocenters. The van der Waals surface area contributed by atoms with Crippen LogP contribution in [0.5, 0.6) is 0 Å². The van der Waals surface area contributed by atoms with Gasteiger partial charge in [0.1, 0.15) is 17.1 Å². The summed E-state index contributed by atoms with van der Waals surface area (Å²) >= 11 is 0. The Morgan fingerprint density at radius 1 is 1.16 bits per heavy atom. The van der Waals surface area contributed by atoms with Gasteiger partial charge in [-0.1, -0.05) is 0 Å². The van der Waals surface area contributed by atoms with Gasteiger partial charge < -0.3 is 14.5 Å². The van der Waals surface area contributed by atoms with Crippen LogP contribution in [0.2, 0.25) is 0 Å². The van der Waals surface area contributed by atoms with Crippen molar-refractivity contribution in [2.75, 3.05) is 0 Å². The second kappa shape index (κ2) is 5.89. The molecule has 1 amide bonds. The third-order valence-electron chi connectivity index (χ3n) is 6.34. The fourth-order valence-electron chi connectivity index (χ4n) is 5.74. The standard InChI is InChI=1S/C20H27NO4/c1-11-4-17(12(2)24-11)19(23)25-13(3)18(22)21-20-8-14-5-15(9-20)7-16(6-14)10-20/h4,13-16H,5-10H2,1-3H3,(H,21,22)/t13-,14?,15?,16?,20?/m1/s1. The van der Waals surface area contributed by atoms with E-state index in [1.807, 2.05) is 0 Å². The van der Waals surface area contributed by atoms with E-state index in [2.05, 4.69) is 5.32 Å². The van der Waals surface area contributed by atoms with Gasteiger partial charge in [-0.2, -0.15) is 0 Å². The van der Waals surface area contributed by atoms with Gasteiger partial charge in [0.15, 0.2) is 6.10 Å². The van der Waals surface area contributed by atoms with Crippen LogP contribution >= 0.6 is 0 Å². The van der Waals surface area contributed by atoms with Crippen molar-refractivity contribution < 1.29 is 18.7 Å². The number of ether oxygens (including phenoxy) is 1. The van der Waals surface area contributed by atoms with Crippen LogP contribution in [-0.2, 0) is 9.53 Å². The first-order valence-corrected chi connectivity index (χ1v) is 9.43. The molecule has 1 atom stereocenters. The molecule has 4 fully saturated rings. The van der Waals surface area contributed by atoms with Gasteiger partial charge in [-0.25, -0.2) is 4.79 Å². The molecule has 25 heavy (non-hydrogen) atoms. The number of aryl methyl sites for hydroxylation is 2. The Balaban J connectivity index is 1.39. The topological polar surface area (TPSA) is 68.5 Å². The van der Waals surface area contributed by atoms with Gasteiger partial charge in [0.25, 0.3) is 5.91 Å². The molecular formula is C20H27NO4. The van der Waals surface area contributed by atoms with Gasteiger partial charge in [-0.05, 0) is 83.1 Å². The predicted molar refractivity (Wildman–Crippen MR) is 92.1 cm³/mol. The largest absolute Gasteiger partial charge is 0.466 e. The van der Waals surface area contributed by atoms with E-state index < -0.39 is 12.1 Å². The summed E-state index contributed by atoms with van der Waals surface area (Å²) in [5.74, 6) is 2.81. The summed E-state index contributed by atoms with van der Waals surface area (Å²) in [6, 6.07) is 1.65. The van der Waals surface area contributed by atoms with E-state index in [9.17, 15) is 9.59 Å². The molecule has 0 aliphatic heterocycles. The lowest BCUT2D eigenvalue weighted by atomic mass is 9.53. The molecule has 5 rings (SSSR count). The van der Waals surface area contributed by atoms with Gasteiger partial charge in [0, 0.05) is 5.54 Å². The quantitative estimate of drug-likeness (QED) is 0.848. The van der Waals surface area contributed by atoms with E-state index in [1.54, 1.807) is 26.8 Å². The van der Waals surface area contributed by atoms with Crippen molar-refractivity contribution in [1.82, 2.24) is 5.32 Å². The van der Waals surface area contributed by atoms with E-state index in [0.717, 1.165) is 37.0 Å². The first-order chi connectivity index (χ1) is 11.8. The van der Waals surface area contributed by atoms with E-state index in [4.69, 9.17) is 9.15 Å². The highest BCUT2D eigenvalue weighted by atomic mass is 16.5. The van der Waals surface area contributed by atoms with Crippen LogP contribution in [0.3, 0.4) is 0 Å². The maximum absolute atomic E-state index is 12.7. The van der Waals surface area contributed by atoms with E-state index in [1.165, 1.54) is 19.3 Å². The van der Waals surface area contributed by atoms with Gasteiger partial charge >= 0.3 is 5.97 Å². The normalized spacial score (nSPS) is 34.0. The summed E-state index contributed by atoms with van der Waals surface area (Å²) in [4.78, 5) is 25.0. The van der Waals surface area contributed by atoms with Crippen molar-refractivity contribution in [3.63, 3.8) is 0 Å². The van der Waals surface area contributed by atoms with Gasteiger partial charge in [0.2, 0.25) is 0 Å². The molecule has 4 saturated carbocycles. The van der Waals surface area contributed by atoms with Crippen molar-refractivity contribution in [3.8, 4) is 0 Å². The molecular weight excluding hydrogens is 318 g/mol. The molecule has 1 aromatic heterocycles. The van der Waals surface area contributed by atoms with Crippen molar-refractivity contribution in [3.05, 3.63) is 23.2 Å². The van der Waals surface area contributed by atoms with E-state index in [0.29, 0.717) is 17.1 Å². The summed E-state index contributed by atoms with van der Waals surface area (Å²) in [5, 5.41) is 3.26. The van der Waals surface area contributed by atoms with Crippen LogP contribution in [0.1, 0.15) is 67.3 Å². The molecule has 136 valence electrons. The minimum absolute atomic E-state index is 0.0609. The first kappa shape index (κ1) is 16.7. The number of amides is 1. The minimum Gasteiger partial charge on any atom is -0.466 e. The minimum atomic E-state index is -0.796. The van der Waals surface area contributed by atoms with Gasteiger partial charge in [-0.15, -0.1) is 0 Å². The SMILES string of the molecule is Cc1cc(C(=O)O[C@H](C)C(=O)NC23CC4CC(CC(C4)C2)C3)c(C)o1. The zero-order chi connectivity index (χ0) is 17.8. The lowest BCUT2D eigenvalue weighted by Crippen LogP contribution is -2.61. The van der Waals surface area contributed by atoms with Crippen LogP contribution in [0.4, 0.5) is 0 Å². The van der Waals surface area contributed by atoms with Crippen molar-refractivity contribution in [2.45, 2.75) is 70.9 Å². The number of furan rings is 1. The maximum Gasteiger partial charge on any atom is 0.342 e. The van der Waals surface area contributed by atoms with Crippen LogP contribution in [0.15, 0.2) is 10.5 Å². The average Bonchev–Trinajstić information content (AvgIpc) is 2.84. The Morgan fingerprint density at radius 3 is 2.20 bits per heavy atom. The highest BCUT2D eigenvalue weighted by Crippen LogP contribution is 2.55. The Morgan fingerprint density at radius 2 is 1.72 bits per heavy atom. The number of esters is 1. The third kappa shape index (κ3) is 3.09. The Kier molecular flexibility index (Phi) is 3.93. The number of hydrogen-bond acceptors (Lipinski definition) is 4. The molecule has 0 aromatic carbocycles. The Labute approximate surface area is 148 Å². The summed E-state index contributed by atoms with van der Waals surface area (Å²) in [6.45, 7) is 5.16. The fraction of sp³-hybridized carbons (Fsp3) is 0.700. The van der Waals surface area contributed by atoms with Crippen LogP contribution < -0.4 is 5.32 Å². The Hall–Kier alpha value is -1.78. The van der Waals surface area contributed by atoms with Crippen molar-refractivity contribution >= 4 is 11.9 Å². The lowest BCUT2D eigenvalue weighted by Gasteiger charge is -2.57. The molecule has 1 aromatic rings. The molecule has 5 nitrogen and oxygen atoms in total. The first-order valence-electron chi connectivity index (χ1n) is 9.43. The molecule has 0 saturated heterocycles. The van der Waals surface area contributed by atoms with Crippen LogP contribution in [0.25, 0.3) is 0 Å². The van der Waals surface area contributed by atoms with Crippen LogP contribution in [0, 0.1) is 31.6 Å². The summed E-state index contributed by atoms with van der Waals surface area (Å²) in [6.07, 6.45) is 6.47. The number of nitrogens with one attached hydrogen (secondary N) is 1. The van der Waals surface area contributed by atoms with E-state index in [-0.39, 0.29) is 11.4 Å². The van der Waals surface area contributed by atoms with Crippen molar-refractivity contribution in [2.24, 2.45) is 17.8 Å². The summed E-state index contributed by atoms with van der Waals surface area (Å²) in [5.41, 5.74) is 0.334. The predicted octanol–water partition coefficient (Wildman–Crippen LogP) is 3.53. The second-order valence-electron chi connectivity index (χ2n) is 8.56. The van der Waals surface area contributed by atoms with Gasteiger partial charge in [-0.3, -0.25) is 4.79 Å². The average molecular weight is 345 g/mol. The molecule has 4 aliphatic carbocycles. The molecule has 5 heteroatoms. The monoisotopic (exact) mass is 345 g/mol. The maximum atomic E-state index is 12.7. The number of carbonyl (C=O) groups excluding carboxylic acids is 2. The summed E-state index contributed by atoms with van der Waals surface area (Å²) < 4.78 is 10.8. The summed E-state index contributed by atoms with van der Waals surface area (Å²) in [7, 11) is 0. The zero-order valence-corrected chi connectivity index (χ0v) is 15.3. The third-order valence-corrected chi connectivity index (χ3v) is 6.34. The number of carbonyl (C=O) groups is 2. The number of hydrogen-bond donors (Lipinski definition) is 1. The molecule has 0 radical (unpaired) electrons. The smallest absolute Gasteiger partial charge is 0.342 e. The molecule has 1 N–H and O–H groups in total. The molecule has 0 spiro atoms. The van der Waals surface area contributed by atoms with E-state index >= 15 is 0 Å². The Bertz CT molecular complexity index is 669. The zero-order valence-electron chi connectivity index (χ0n) is 15.3.